The van der Waals surface area contributed by atoms with E-state index in [0.29, 0.717) is 11.3 Å². The Hall–Kier alpha value is -2.57. The zero-order valence-electron chi connectivity index (χ0n) is 14.4. The van der Waals surface area contributed by atoms with Crippen LogP contribution in [0, 0.1) is 0 Å². The third kappa shape index (κ3) is 4.24. The molecule has 0 radical (unpaired) electrons. The third-order valence-electron chi connectivity index (χ3n) is 3.45. The largest absolute Gasteiger partial charge is 0.497 e. The molecule has 0 spiro atoms. The summed E-state index contributed by atoms with van der Waals surface area (Å²) in [6.07, 6.45) is -0.549. The van der Waals surface area contributed by atoms with E-state index in [1.807, 2.05) is 0 Å². The molecule has 1 fully saturated rings. The molecule has 0 bridgehead atoms. The molecule has 7 nitrogen and oxygen atoms in total. The minimum Gasteiger partial charge on any atom is -0.497 e. The molecule has 0 aromatic heterocycles. The van der Waals surface area contributed by atoms with Gasteiger partial charge in [0.25, 0.3) is 5.91 Å². The van der Waals surface area contributed by atoms with Gasteiger partial charge < -0.3 is 9.47 Å². The van der Waals surface area contributed by atoms with E-state index in [9.17, 15) is 14.4 Å². The van der Waals surface area contributed by atoms with Crippen molar-refractivity contribution in [2.45, 2.75) is 26.4 Å². The molecule has 2 rings (SSSR count). The molecule has 0 saturated carbocycles. The number of carbonyl (C=O) groups is 3. The second-order valence-electron chi connectivity index (χ2n) is 6.48. The summed E-state index contributed by atoms with van der Waals surface area (Å²) < 4.78 is 10.3. The van der Waals surface area contributed by atoms with Crippen LogP contribution in [-0.4, -0.2) is 60.1 Å². The monoisotopic (exact) mass is 334 g/mol. The van der Waals surface area contributed by atoms with Crippen molar-refractivity contribution in [2.75, 3.05) is 26.7 Å². The standard InChI is InChI=1S/C17H22N2O5/c1-17(2,3)24-16(22)18-9-10-19(14(20)11-18)15(21)12-5-7-13(23-4)8-6-12/h5-8H,9-11H2,1-4H3. The Bertz CT molecular complexity index is 633. The molecule has 1 saturated heterocycles. The Kier molecular flexibility index (Phi) is 5.11. The average Bonchev–Trinajstić information content (AvgIpc) is 2.52. The maximum atomic E-state index is 12.4. The van der Waals surface area contributed by atoms with Gasteiger partial charge in [0.05, 0.1) is 7.11 Å². The van der Waals surface area contributed by atoms with Crippen LogP contribution in [0.4, 0.5) is 4.79 Å². The lowest BCUT2D eigenvalue weighted by Crippen LogP contribution is -2.54. The summed E-state index contributed by atoms with van der Waals surface area (Å²) in [5, 5.41) is 0. The summed E-state index contributed by atoms with van der Waals surface area (Å²) in [7, 11) is 1.54. The van der Waals surface area contributed by atoms with Gasteiger partial charge in [-0.25, -0.2) is 4.79 Å². The average molecular weight is 334 g/mol. The lowest BCUT2D eigenvalue weighted by molar-refractivity contribution is -0.132. The van der Waals surface area contributed by atoms with Crippen molar-refractivity contribution in [2.24, 2.45) is 0 Å². The Morgan fingerprint density at radius 1 is 1.08 bits per heavy atom. The minimum absolute atomic E-state index is 0.142. The molecule has 1 aromatic rings. The maximum Gasteiger partial charge on any atom is 0.410 e. The van der Waals surface area contributed by atoms with Crippen LogP contribution < -0.4 is 4.74 Å². The van der Waals surface area contributed by atoms with Gasteiger partial charge >= 0.3 is 6.09 Å². The fourth-order valence-corrected chi connectivity index (χ4v) is 2.26. The SMILES string of the molecule is COc1ccc(C(=O)N2CCN(C(=O)OC(C)(C)C)CC2=O)cc1. The number of amides is 3. The number of rotatable bonds is 2. The first-order valence-electron chi connectivity index (χ1n) is 7.68. The van der Waals surface area contributed by atoms with E-state index in [2.05, 4.69) is 0 Å². The Labute approximate surface area is 141 Å². The first kappa shape index (κ1) is 17.8. The molecule has 24 heavy (non-hydrogen) atoms. The first-order chi connectivity index (χ1) is 11.2. The highest BCUT2D eigenvalue weighted by atomic mass is 16.6. The van der Waals surface area contributed by atoms with Crippen molar-refractivity contribution >= 4 is 17.9 Å². The molecule has 0 unspecified atom stereocenters. The smallest absolute Gasteiger partial charge is 0.410 e. The number of ether oxygens (including phenoxy) is 2. The van der Waals surface area contributed by atoms with Gasteiger partial charge in [-0.15, -0.1) is 0 Å². The lowest BCUT2D eigenvalue weighted by Gasteiger charge is -2.34. The third-order valence-corrected chi connectivity index (χ3v) is 3.45. The molecule has 0 aliphatic carbocycles. The predicted octanol–water partition coefficient (Wildman–Crippen LogP) is 1.91. The molecule has 0 atom stereocenters. The molecular formula is C17H22N2O5. The maximum absolute atomic E-state index is 12.4. The molecule has 0 N–H and O–H groups in total. The predicted molar refractivity (Wildman–Crippen MR) is 86.8 cm³/mol. The van der Waals surface area contributed by atoms with Gasteiger partial charge in [0.15, 0.2) is 0 Å². The Morgan fingerprint density at radius 3 is 2.21 bits per heavy atom. The van der Waals surface area contributed by atoms with Gasteiger partial charge in [0, 0.05) is 18.7 Å². The van der Waals surface area contributed by atoms with Crippen molar-refractivity contribution in [3.8, 4) is 5.75 Å². The first-order valence-corrected chi connectivity index (χ1v) is 7.68. The van der Waals surface area contributed by atoms with Crippen LogP contribution in [-0.2, 0) is 9.53 Å². The highest BCUT2D eigenvalue weighted by Crippen LogP contribution is 2.16. The summed E-state index contributed by atoms with van der Waals surface area (Å²) in [5.41, 5.74) is -0.231. The number of carbonyl (C=O) groups excluding carboxylic acids is 3. The van der Waals surface area contributed by atoms with Crippen LogP contribution >= 0.6 is 0 Å². The van der Waals surface area contributed by atoms with Gasteiger partial charge in [0.1, 0.15) is 17.9 Å². The Morgan fingerprint density at radius 2 is 1.71 bits per heavy atom. The molecule has 1 aliphatic rings. The molecule has 130 valence electrons. The number of nitrogens with zero attached hydrogens (tertiary/aromatic N) is 2. The number of methoxy groups -OCH3 is 1. The summed E-state index contributed by atoms with van der Waals surface area (Å²) in [6, 6.07) is 6.53. The molecule has 1 heterocycles. The fourth-order valence-electron chi connectivity index (χ4n) is 2.26. The Balaban J connectivity index is 2.01. The molecule has 3 amide bonds. The van der Waals surface area contributed by atoms with Gasteiger partial charge in [-0.05, 0) is 45.0 Å². The van der Waals surface area contributed by atoms with Crippen LogP contribution in [0.1, 0.15) is 31.1 Å². The van der Waals surface area contributed by atoms with Gasteiger partial charge in [-0.2, -0.15) is 0 Å². The molecule has 1 aliphatic heterocycles. The number of benzene rings is 1. The summed E-state index contributed by atoms with van der Waals surface area (Å²) in [5.74, 6) is -0.174. The quantitative estimate of drug-likeness (QED) is 0.772. The van der Waals surface area contributed by atoms with Crippen molar-refractivity contribution in [1.29, 1.82) is 0 Å². The van der Waals surface area contributed by atoms with E-state index in [4.69, 9.17) is 9.47 Å². The fraction of sp³-hybridized carbons (Fsp3) is 0.471. The topological polar surface area (TPSA) is 76.2 Å². The van der Waals surface area contributed by atoms with Crippen LogP contribution in [0.3, 0.4) is 0 Å². The van der Waals surface area contributed by atoms with E-state index in [1.165, 1.54) is 12.0 Å². The number of hydrogen-bond donors (Lipinski definition) is 0. The van der Waals surface area contributed by atoms with E-state index in [-0.39, 0.29) is 25.5 Å². The molecular weight excluding hydrogens is 312 g/mol. The van der Waals surface area contributed by atoms with Crippen molar-refractivity contribution < 1.29 is 23.9 Å². The van der Waals surface area contributed by atoms with Crippen LogP contribution in [0.2, 0.25) is 0 Å². The van der Waals surface area contributed by atoms with Crippen LogP contribution in [0.5, 0.6) is 5.75 Å². The zero-order chi connectivity index (χ0) is 17.9. The lowest BCUT2D eigenvalue weighted by atomic mass is 10.1. The summed E-state index contributed by atoms with van der Waals surface area (Å²) >= 11 is 0. The highest BCUT2D eigenvalue weighted by Gasteiger charge is 2.33. The van der Waals surface area contributed by atoms with Crippen molar-refractivity contribution in [3.05, 3.63) is 29.8 Å². The van der Waals surface area contributed by atoms with E-state index >= 15 is 0 Å². The number of imide groups is 1. The van der Waals surface area contributed by atoms with Gasteiger partial charge in [0.2, 0.25) is 5.91 Å². The van der Waals surface area contributed by atoms with Crippen molar-refractivity contribution in [3.63, 3.8) is 0 Å². The zero-order valence-corrected chi connectivity index (χ0v) is 14.4. The second-order valence-corrected chi connectivity index (χ2v) is 6.48. The minimum atomic E-state index is -0.629. The number of piperazine rings is 1. The second kappa shape index (κ2) is 6.90. The number of hydrogen-bond acceptors (Lipinski definition) is 5. The summed E-state index contributed by atoms with van der Waals surface area (Å²) in [6.45, 7) is 5.50. The van der Waals surface area contributed by atoms with Crippen LogP contribution in [0.25, 0.3) is 0 Å². The highest BCUT2D eigenvalue weighted by molar-refractivity contribution is 6.06. The normalized spacial score (nSPS) is 15.2. The van der Waals surface area contributed by atoms with Crippen molar-refractivity contribution in [1.82, 2.24) is 9.80 Å². The van der Waals surface area contributed by atoms with E-state index in [0.717, 1.165) is 4.90 Å². The summed E-state index contributed by atoms with van der Waals surface area (Å²) in [4.78, 5) is 39.2. The van der Waals surface area contributed by atoms with Gasteiger partial charge in [-0.3, -0.25) is 19.4 Å². The van der Waals surface area contributed by atoms with Crippen LogP contribution in [0.15, 0.2) is 24.3 Å². The molecule has 7 heteroatoms. The molecule has 1 aromatic carbocycles. The van der Waals surface area contributed by atoms with E-state index < -0.39 is 17.6 Å². The van der Waals surface area contributed by atoms with Gasteiger partial charge in [-0.1, -0.05) is 0 Å². The van der Waals surface area contributed by atoms with E-state index in [1.54, 1.807) is 45.0 Å².